The van der Waals surface area contributed by atoms with E-state index in [4.69, 9.17) is 37.9 Å². The van der Waals surface area contributed by atoms with Crippen molar-refractivity contribution in [3.05, 3.63) is 97.6 Å². The third-order valence-corrected chi connectivity index (χ3v) is 11.0. The van der Waals surface area contributed by atoms with Gasteiger partial charge in [0.25, 0.3) is 0 Å². The van der Waals surface area contributed by atoms with Crippen LogP contribution in [0.25, 0.3) is 0 Å². The molecule has 14 nitrogen and oxygen atoms in total. The largest absolute Gasteiger partial charge is 0.490 e. The molecular weight excluding hydrogens is 815 g/mol. The Bertz CT molecular complexity index is 1680. The zero-order chi connectivity index (χ0) is 45.0. The number of rotatable bonds is 30. The van der Waals surface area contributed by atoms with E-state index in [1.807, 2.05) is 60.7 Å². The molecule has 1 fully saturated rings. The lowest BCUT2D eigenvalue weighted by atomic mass is 9.66. The van der Waals surface area contributed by atoms with Crippen LogP contribution in [0.1, 0.15) is 59.3 Å². The minimum Gasteiger partial charge on any atom is -0.490 e. The fourth-order valence-corrected chi connectivity index (χ4v) is 7.52. The SMILES string of the molecule is C=CC1CC(C)(COCC(COc2ccccc2)OC(=O)NCCCOC(=O)C(=C)C)CCC1CCPCOCC(COc1ccccc1)OC(=O)NCCCOC(=O)C(=C)C. The minimum absolute atomic E-state index is 0.0738. The summed E-state index contributed by atoms with van der Waals surface area (Å²) >= 11 is 0. The topological polar surface area (TPSA) is 166 Å². The number of alkyl carbamates (subject to hydrolysis) is 2. The van der Waals surface area contributed by atoms with Crippen LogP contribution >= 0.6 is 8.58 Å². The van der Waals surface area contributed by atoms with Crippen LogP contribution in [0.15, 0.2) is 97.6 Å². The van der Waals surface area contributed by atoms with E-state index in [0.29, 0.717) is 68.9 Å². The van der Waals surface area contributed by atoms with E-state index < -0.39 is 36.3 Å². The fourth-order valence-electron chi connectivity index (χ4n) is 6.54. The average molecular weight is 883 g/mol. The zero-order valence-corrected chi connectivity index (χ0v) is 37.7. The van der Waals surface area contributed by atoms with Crippen molar-refractivity contribution < 1.29 is 57.1 Å². The minimum atomic E-state index is -0.651. The van der Waals surface area contributed by atoms with Gasteiger partial charge in [0, 0.05) is 24.2 Å². The molecule has 0 radical (unpaired) electrons. The monoisotopic (exact) mass is 882 g/mol. The molecule has 62 heavy (non-hydrogen) atoms. The first-order valence-electron chi connectivity index (χ1n) is 21.3. The second kappa shape index (κ2) is 29.4. The number of para-hydroxylation sites is 2. The molecular formula is C47H67N2O12P. The molecule has 2 amide bonds. The lowest BCUT2D eigenvalue weighted by Crippen LogP contribution is -2.38. The second-order valence-corrected chi connectivity index (χ2v) is 17.0. The number of allylic oxidation sites excluding steroid dienone is 1. The highest BCUT2D eigenvalue weighted by Gasteiger charge is 2.36. The average Bonchev–Trinajstić information content (AvgIpc) is 3.26. The van der Waals surface area contributed by atoms with Crippen molar-refractivity contribution in [2.45, 2.75) is 71.5 Å². The van der Waals surface area contributed by atoms with Crippen molar-refractivity contribution in [2.75, 3.05) is 71.8 Å². The molecule has 1 aliphatic rings. The van der Waals surface area contributed by atoms with Crippen molar-refractivity contribution >= 4 is 32.7 Å². The summed E-state index contributed by atoms with van der Waals surface area (Å²) in [7, 11) is 0.574. The molecule has 342 valence electrons. The Kier molecular flexibility index (Phi) is 24.4. The maximum atomic E-state index is 12.7. The van der Waals surface area contributed by atoms with Gasteiger partial charge in [-0.15, -0.1) is 6.58 Å². The molecule has 0 spiro atoms. The number of hydrogen-bond donors (Lipinski definition) is 2. The third-order valence-electron chi connectivity index (χ3n) is 9.96. The summed E-state index contributed by atoms with van der Waals surface area (Å²) < 4.78 is 45.5. The molecule has 15 heteroatoms. The molecule has 6 atom stereocenters. The van der Waals surface area contributed by atoms with Crippen LogP contribution in [0, 0.1) is 17.3 Å². The molecule has 0 aromatic heterocycles. The molecule has 0 aliphatic heterocycles. The van der Waals surface area contributed by atoms with E-state index >= 15 is 0 Å². The Morgan fingerprint density at radius 2 is 1.27 bits per heavy atom. The Labute approximate surface area is 369 Å². The molecule has 6 unspecified atom stereocenters. The Morgan fingerprint density at radius 3 is 1.76 bits per heavy atom. The smallest absolute Gasteiger partial charge is 0.407 e. The summed E-state index contributed by atoms with van der Waals surface area (Å²) in [5.41, 5.74) is 0.566. The van der Waals surface area contributed by atoms with Crippen molar-refractivity contribution in [1.29, 1.82) is 0 Å². The highest BCUT2D eigenvalue weighted by Crippen LogP contribution is 2.44. The number of nitrogens with one attached hydrogen (secondary N) is 2. The molecule has 1 aliphatic carbocycles. The molecule has 2 aromatic carbocycles. The highest BCUT2D eigenvalue weighted by molar-refractivity contribution is 7.37. The zero-order valence-electron chi connectivity index (χ0n) is 36.7. The van der Waals surface area contributed by atoms with Gasteiger partial charge >= 0.3 is 24.1 Å². The standard InChI is InChI=1S/C47H67N2O12P/c1-7-37-28-47(6,33-54-29-41(31-58-39-16-10-8-11-17-39)60-45(52)48-23-14-25-56-43(50)35(2)3)22-20-38(37)21-27-62-34-55-30-42(32-59-40-18-12-9-13-19-40)61-46(53)49-24-15-26-57-44(51)36(4)5/h7-13,16-19,37-38,41-42,62H,1-2,4,14-15,20-34H2,3,5-6H3,(H,48,52)(H,49,53). The number of carbonyl (C=O) groups is 4. The number of ether oxygens (including phenoxy) is 8. The van der Waals surface area contributed by atoms with E-state index in [1.54, 1.807) is 13.8 Å². The van der Waals surface area contributed by atoms with E-state index in [1.165, 1.54) is 0 Å². The Balaban J connectivity index is 1.39. The van der Waals surface area contributed by atoms with Crippen LogP contribution in [0.5, 0.6) is 11.5 Å². The van der Waals surface area contributed by atoms with Crippen LogP contribution in [-0.4, -0.2) is 108 Å². The fraction of sp³-hybridized carbons (Fsp3) is 0.532. The summed E-state index contributed by atoms with van der Waals surface area (Å²) in [5, 5.41) is 5.39. The van der Waals surface area contributed by atoms with E-state index in [2.05, 4.69) is 43.4 Å². The van der Waals surface area contributed by atoms with Crippen molar-refractivity contribution in [3.8, 4) is 11.5 Å². The van der Waals surface area contributed by atoms with Gasteiger partial charge < -0.3 is 48.5 Å². The van der Waals surface area contributed by atoms with Crippen LogP contribution in [0.3, 0.4) is 0 Å². The summed E-state index contributed by atoms with van der Waals surface area (Å²) in [6, 6.07) is 18.6. The van der Waals surface area contributed by atoms with Gasteiger partial charge in [-0.2, -0.15) is 0 Å². The molecule has 2 N–H and O–H groups in total. The number of hydrogen-bond acceptors (Lipinski definition) is 12. The van der Waals surface area contributed by atoms with E-state index in [0.717, 1.165) is 31.8 Å². The Morgan fingerprint density at radius 1 is 0.774 bits per heavy atom. The Hall–Kier alpha value is -4.91. The number of benzene rings is 2. The van der Waals surface area contributed by atoms with Gasteiger partial charge in [0.1, 0.15) is 24.7 Å². The molecule has 0 saturated heterocycles. The first kappa shape index (κ1) is 51.4. The first-order chi connectivity index (χ1) is 29.9. The molecule has 2 aromatic rings. The van der Waals surface area contributed by atoms with Gasteiger partial charge in [0.2, 0.25) is 0 Å². The van der Waals surface area contributed by atoms with Gasteiger partial charge in [0.15, 0.2) is 12.2 Å². The quantitative estimate of drug-likeness (QED) is 0.0194. The predicted octanol–water partition coefficient (Wildman–Crippen LogP) is 8.02. The molecule has 0 heterocycles. The normalized spacial score (nSPS) is 18.1. The molecule has 1 saturated carbocycles. The van der Waals surface area contributed by atoms with Crippen LogP contribution < -0.4 is 20.1 Å². The second-order valence-electron chi connectivity index (χ2n) is 15.7. The highest BCUT2D eigenvalue weighted by atomic mass is 31.1. The number of carbonyl (C=O) groups excluding carboxylic acids is 4. The van der Waals surface area contributed by atoms with Gasteiger partial charge in [0.05, 0.1) is 39.4 Å². The van der Waals surface area contributed by atoms with Crippen LogP contribution in [0.4, 0.5) is 9.59 Å². The van der Waals surface area contributed by atoms with Crippen LogP contribution in [-0.2, 0) is 38.0 Å². The first-order valence-corrected chi connectivity index (χ1v) is 22.7. The third kappa shape index (κ3) is 21.7. The number of esters is 2. The maximum absolute atomic E-state index is 12.7. The van der Waals surface area contributed by atoms with Crippen molar-refractivity contribution in [3.63, 3.8) is 0 Å². The van der Waals surface area contributed by atoms with Crippen molar-refractivity contribution in [1.82, 2.24) is 10.6 Å². The van der Waals surface area contributed by atoms with Gasteiger partial charge in [-0.25, -0.2) is 19.2 Å². The van der Waals surface area contributed by atoms with Crippen LogP contribution in [0.2, 0.25) is 0 Å². The summed E-state index contributed by atoms with van der Waals surface area (Å²) in [6.07, 6.45) is 6.01. The van der Waals surface area contributed by atoms with E-state index in [-0.39, 0.29) is 58.1 Å². The maximum Gasteiger partial charge on any atom is 0.407 e. The molecule has 3 rings (SSSR count). The van der Waals surface area contributed by atoms with Gasteiger partial charge in [-0.3, -0.25) is 0 Å². The summed E-state index contributed by atoms with van der Waals surface area (Å²) in [5.74, 6) is 1.23. The van der Waals surface area contributed by atoms with Gasteiger partial charge in [-0.05, 0) is 100 Å². The lowest BCUT2D eigenvalue weighted by molar-refractivity contribution is -0.139. The predicted molar refractivity (Wildman–Crippen MR) is 240 cm³/mol. The van der Waals surface area contributed by atoms with Crippen molar-refractivity contribution in [2.24, 2.45) is 17.3 Å². The summed E-state index contributed by atoms with van der Waals surface area (Å²) in [6.45, 7) is 18.6. The number of amides is 2. The summed E-state index contributed by atoms with van der Waals surface area (Å²) in [4.78, 5) is 48.3. The lowest BCUT2D eigenvalue weighted by Gasteiger charge is -2.42. The molecule has 0 bridgehead atoms. The van der Waals surface area contributed by atoms with E-state index in [9.17, 15) is 19.2 Å². The van der Waals surface area contributed by atoms with Gasteiger partial charge in [-0.1, -0.05) is 71.1 Å².